The molecule has 188 valence electrons. The number of alkyl halides is 2. The Labute approximate surface area is 220 Å². The molecular weight excluding hydrogens is 543 g/mol. The molecule has 1 aliphatic rings. The van der Waals surface area contributed by atoms with E-state index in [1.54, 1.807) is 6.92 Å². The Morgan fingerprint density at radius 2 is 1.77 bits per heavy atom. The lowest BCUT2D eigenvalue weighted by Gasteiger charge is -2.13. The molecule has 3 amide bonds. The summed E-state index contributed by atoms with van der Waals surface area (Å²) >= 11 is 19.7. The topological polar surface area (TPSA) is 87.3 Å². The van der Waals surface area contributed by atoms with Crippen LogP contribution in [0.15, 0.2) is 30.3 Å². The molecule has 35 heavy (non-hydrogen) atoms. The minimum absolute atomic E-state index is 0.0359. The number of nitrogens with one attached hydrogen (secondary N) is 3. The molecule has 0 aliphatic heterocycles. The summed E-state index contributed by atoms with van der Waals surface area (Å²) in [5, 5.41) is 7.20. The third kappa shape index (κ3) is 6.39. The molecule has 2 unspecified atom stereocenters. The van der Waals surface area contributed by atoms with Crippen molar-refractivity contribution in [2.75, 3.05) is 27.5 Å². The molecule has 2 aromatic rings. The van der Waals surface area contributed by atoms with E-state index in [0.29, 0.717) is 5.75 Å². The predicted molar refractivity (Wildman–Crippen MR) is 138 cm³/mol. The molecule has 0 aromatic heterocycles. The van der Waals surface area contributed by atoms with Crippen LogP contribution in [0.25, 0.3) is 0 Å². The zero-order valence-corrected chi connectivity index (χ0v) is 21.8. The van der Waals surface area contributed by atoms with Crippen molar-refractivity contribution in [1.82, 2.24) is 0 Å². The van der Waals surface area contributed by atoms with Crippen LogP contribution in [0.1, 0.15) is 30.6 Å². The van der Waals surface area contributed by atoms with Crippen LogP contribution in [-0.4, -0.2) is 33.6 Å². The van der Waals surface area contributed by atoms with E-state index >= 15 is 0 Å². The normalized spacial score (nSPS) is 18.0. The molecule has 2 aromatic carbocycles. The van der Waals surface area contributed by atoms with Crippen molar-refractivity contribution < 1.29 is 23.2 Å². The average molecular weight is 565 g/mol. The molecule has 12 heteroatoms. The SMILES string of the molecule is CCSCCC(=O)Nc1c(F)ccc(NC(=O)c2cc(NC(=O)C3C(C)C3(Cl)Cl)ccc2Cl)c1F. The van der Waals surface area contributed by atoms with Crippen LogP contribution in [0, 0.1) is 23.5 Å². The Hall–Kier alpha value is -2.07. The number of hydrogen-bond acceptors (Lipinski definition) is 4. The van der Waals surface area contributed by atoms with Crippen molar-refractivity contribution >= 4 is 81.3 Å². The number of rotatable bonds is 9. The first-order valence-corrected chi connectivity index (χ1v) is 12.9. The summed E-state index contributed by atoms with van der Waals surface area (Å²) in [7, 11) is 0. The standard InChI is InChI=1S/C23H22Cl3F2N3O3S/c1-3-35-9-8-17(32)31-20-15(27)6-7-16(19(20)28)30-21(33)13-10-12(4-5-14(13)24)29-22(34)18-11(2)23(18,25)26/h4-7,10-11,18H,3,8-9H2,1-2H3,(H,29,34)(H,30,33)(H,31,32). The van der Waals surface area contributed by atoms with Crippen molar-refractivity contribution in [3.63, 3.8) is 0 Å². The number of carbonyl (C=O) groups is 3. The highest BCUT2D eigenvalue weighted by atomic mass is 35.5. The summed E-state index contributed by atoms with van der Waals surface area (Å²) in [6.07, 6.45) is 0.0796. The van der Waals surface area contributed by atoms with Crippen LogP contribution in [0.5, 0.6) is 0 Å². The summed E-state index contributed by atoms with van der Waals surface area (Å²) in [6, 6.07) is 6.13. The second-order valence-electron chi connectivity index (χ2n) is 7.86. The molecule has 0 radical (unpaired) electrons. The smallest absolute Gasteiger partial charge is 0.257 e. The monoisotopic (exact) mass is 563 g/mol. The second-order valence-corrected chi connectivity index (χ2v) is 11.1. The first-order valence-electron chi connectivity index (χ1n) is 10.6. The van der Waals surface area contributed by atoms with Crippen LogP contribution in [0.4, 0.5) is 25.8 Å². The van der Waals surface area contributed by atoms with Gasteiger partial charge in [-0.3, -0.25) is 14.4 Å². The molecule has 6 nitrogen and oxygen atoms in total. The first kappa shape index (κ1) is 27.5. The molecule has 0 heterocycles. The van der Waals surface area contributed by atoms with Gasteiger partial charge in [-0.25, -0.2) is 8.78 Å². The van der Waals surface area contributed by atoms with Gasteiger partial charge in [0.1, 0.15) is 15.8 Å². The zero-order valence-electron chi connectivity index (χ0n) is 18.7. The van der Waals surface area contributed by atoms with Gasteiger partial charge in [-0.15, -0.1) is 23.2 Å². The van der Waals surface area contributed by atoms with Gasteiger partial charge in [0.2, 0.25) is 11.8 Å². The Bertz CT molecular complexity index is 1170. The Morgan fingerprint density at radius 3 is 2.40 bits per heavy atom. The lowest BCUT2D eigenvalue weighted by molar-refractivity contribution is -0.117. The van der Waals surface area contributed by atoms with E-state index in [-0.39, 0.29) is 34.3 Å². The third-order valence-corrected chi connectivity index (χ3v) is 7.84. The molecule has 2 atom stereocenters. The van der Waals surface area contributed by atoms with Crippen LogP contribution >= 0.6 is 46.6 Å². The molecular formula is C23H22Cl3F2N3O3S. The van der Waals surface area contributed by atoms with E-state index in [1.807, 2.05) is 6.92 Å². The summed E-state index contributed by atoms with van der Waals surface area (Å²) in [5.41, 5.74) is -0.834. The summed E-state index contributed by atoms with van der Waals surface area (Å²) in [6.45, 7) is 3.67. The van der Waals surface area contributed by atoms with Crippen molar-refractivity contribution in [1.29, 1.82) is 0 Å². The Balaban J connectivity index is 1.74. The van der Waals surface area contributed by atoms with E-state index in [9.17, 15) is 23.2 Å². The van der Waals surface area contributed by atoms with Gasteiger partial charge in [0.15, 0.2) is 5.82 Å². The maximum absolute atomic E-state index is 14.9. The third-order valence-electron chi connectivity index (χ3n) is 5.45. The highest BCUT2D eigenvalue weighted by Crippen LogP contribution is 2.59. The number of halogens is 5. The summed E-state index contributed by atoms with van der Waals surface area (Å²) in [4.78, 5) is 37.2. The van der Waals surface area contributed by atoms with Crippen molar-refractivity contribution in [2.24, 2.45) is 11.8 Å². The molecule has 1 aliphatic carbocycles. The van der Waals surface area contributed by atoms with Gasteiger partial charge in [0, 0.05) is 23.8 Å². The quantitative estimate of drug-likeness (QED) is 0.245. The molecule has 3 rings (SSSR count). The van der Waals surface area contributed by atoms with E-state index in [4.69, 9.17) is 34.8 Å². The molecule has 0 saturated heterocycles. The van der Waals surface area contributed by atoms with E-state index in [0.717, 1.165) is 17.9 Å². The fourth-order valence-corrected chi connectivity index (χ4v) is 4.87. The minimum atomic E-state index is -1.15. The number of anilines is 3. The van der Waals surface area contributed by atoms with Crippen molar-refractivity contribution in [2.45, 2.75) is 24.6 Å². The molecule has 0 bridgehead atoms. The van der Waals surface area contributed by atoms with Crippen molar-refractivity contribution in [3.05, 3.63) is 52.6 Å². The molecule has 0 spiro atoms. The number of thioether (sulfide) groups is 1. The van der Waals surface area contributed by atoms with Gasteiger partial charge in [-0.2, -0.15) is 11.8 Å². The second kappa shape index (κ2) is 11.3. The lowest BCUT2D eigenvalue weighted by atomic mass is 10.1. The number of amides is 3. The van der Waals surface area contributed by atoms with Crippen LogP contribution in [0.2, 0.25) is 5.02 Å². The fourth-order valence-electron chi connectivity index (χ4n) is 3.34. The summed E-state index contributed by atoms with van der Waals surface area (Å²) < 4.78 is 27.9. The molecule has 1 saturated carbocycles. The predicted octanol–water partition coefficient (Wildman–Crippen LogP) is 6.33. The van der Waals surface area contributed by atoms with E-state index in [1.165, 1.54) is 30.0 Å². The average Bonchev–Trinajstić information content (AvgIpc) is 3.31. The van der Waals surface area contributed by atoms with Gasteiger partial charge >= 0.3 is 0 Å². The zero-order chi connectivity index (χ0) is 25.9. The van der Waals surface area contributed by atoms with Gasteiger partial charge in [-0.05, 0) is 36.1 Å². The van der Waals surface area contributed by atoms with Crippen LogP contribution < -0.4 is 16.0 Å². The van der Waals surface area contributed by atoms with Gasteiger partial charge in [-0.1, -0.05) is 25.4 Å². The fraction of sp³-hybridized carbons (Fsp3) is 0.348. The van der Waals surface area contributed by atoms with Gasteiger partial charge in [0.05, 0.1) is 22.2 Å². The van der Waals surface area contributed by atoms with Crippen molar-refractivity contribution in [3.8, 4) is 0 Å². The van der Waals surface area contributed by atoms with Crippen LogP contribution in [0.3, 0.4) is 0 Å². The number of carbonyl (C=O) groups excluding carboxylic acids is 3. The lowest BCUT2D eigenvalue weighted by Crippen LogP contribution is -2.19. The largest absolute Gasteiger partial charge is 0.326 e. The molecule has 1 fully saturated rings. The summed E-state index contributed by atoms with van der Waals surface area (Å²) in [5.74, 6) is -3.43. The van der Waals surface area contributed by atoms with Crippen LogP contribution in [-0.2, 0) is 9.59 Å². The van der Waals surface area contributed by atoms with Gasteiger partial charge < -0.3 is 16.0 Å². The highest BCUT2D eigenvalue weighted by Gasteiger charge is 2.64. The Kier molecular flexibility index (Phi) is 8.91. The number of benzene rings is 2. The minimum Gasteiger partial charge on any atom is -0.326 e. The van der Waals surface area contributed by atoms with E-state index in [2.05, 4.69) is 16.0 Å². The van der Waals surface area contributed by atoms with E-state index < -0.39 is 45.3 Å². The molecule has 3 N–H and O–H groups in total. The number of hydrogen-bond donors (Lipinski definition) is 3. The maximum atomic E-state index is 14.9. The Morgan fingerprint density at radius 1 is 1.09 bits per heavy atom. The first-order chi connectivity index (χ1) is 16.5. The maximum Gasteiger partial charge on any atom is 0.257 e. The van der Waals surface area contributed by atoms with Gasteiger partial charge in [0.25, 0.3) is 5.91 Å². The highest BCUT2D eigenvalue weighted by molar-refractivity contribution is 7.99.